The molecule has 0 fully saturated rings. The largest absolute Gasteiger partial charge is 0.463 e. The smallest absolute Gasteiger partial charge is 0.314 e. The number of terminal acetylenes is 1. The highest BCUT2D eigenvalue weighted by molar-refractivity contribution is 7.96. The molecule has 0 aliphatic rings. The van der Waals surface area contributed by atoms with Gasteiger partial charge in [-0.1, -0.05) is 41.3 Å². The Morgan fingerprint density at radius 3 is 1.59 bits per heavy atom. The van der Waals surface area contributed by atoms with E-state index in [1.54, 1.807) is 52.0 Å². The predicted octanol–water partition coefficient (Wildman–Crippen LogP) is 5.07. The Balaban J connectivity index is 2.53. The lowest BCUT2D eigenvalue weighted by molar-refractivity contribution is -0.141. The molecule has 0 aliphatic carbocycles. The zero-order valence-corrected chi connectivity index (χ0v) is 21.5. The predicted molar refractivity (Wildman–Crippen MR) is 133 cm³/mol. The molecule has 0 unspecified atom stereocenters. The molecule has 2 rings (SSSR count). The third-order valence-corrected chi connectivity index (χ3v) is 7.93. The molecule has 6 nitrogen and oxygen atoms in total. The zero-order valence-electron chi connectivity index (χ0n) is 20.6. The van der Waals surface area contributed by atoms with Gasteiger partial charge in [0.05, 0.1) is 6.61 Å². The van der Waals surface area contributed by atoms with Crippen LogP contribution in [-0.4, -0.2) is 43.0 Å². The van der Waals surface area contributed by atoms with Crippen molar-refractivity contribution in [2.75, 3.05) is 26.0 Å². The van der Waals surface area contributed by atoms with Crippen molar-refractivity contribution in [3.63, 3.8) is 0 Å². The molecular weight excluding hydrogens is 451 g/mol. The molecule has 0 bridgehead atoms. The van der Waals surface area contributed by atoms with Gasteiger partial charge in [0, 0.05) is 11.1 Å². The fourth-order valence-electron chi connectivity index (χ4n) is 4.20. The van der Waals surface area contributed by atoms with Crippen LogP contribution in [0.2, 0.25) is 0 Å². The van der Waals surface area contributed by atoms with Crippen LogP contribution in [0, 0.1) is 53.9 Å². The lowest BCUT2D eigenvalue weighted by atomic mass is 10.0. The van der Waals surface area contributed by atoms with Crippen molar-refractivity contribution >= 4 is 24.2 Å². The summed E-state index contributed by atoms with van der Waals surface area (Å²) in [7, 11) is -4.43. The first-order valence-electron chi connectivity index (χ1n) is 10.9. The second-order valence-corrected chi connectivity index (χ2v) is 11.1. The van der Waals surface area contributed by atoms with E-state index < -0.39 is 30.3 Å². The van der Waals surface area contributed by atoms with Gasteiger partial charge in [-0.3, -0.25) is 14.4 Å². The number of ether oxygens (including phenoxy) is 2. The molecule has 0 aliphatic heterocycles. The van der Waals surface area contributed by atoms with Crippen LogP contribution in [0.25, 0.3) is 0 Å². The van der Waals surface area contributed by atoms with Gasteiger partial charge in [-0.05, 0) is 63.8 Å². The van der Waals surface area contributed by atoms with Gasteiger partial charge in [0.15, 0.2) is 0 Å². The van der Waals surface area contributed by atoms with E-state index in [2.05, 4.69) is 5.92 Å². The maximum atomic E-state index is 14.3. The van der Waals surface area contributed by atoms with Gasteiger partial charge < -0.3 is 14.0 Å². The average Bonchev–Trinajstić information content (AvgIpc) is 2.71. The Morgan fingerprint density at radius 1 is 0.794 bits per heavy atom. The summed E-state index contributed by atoms with van der Waals surface area (Å²) in [6, 6.07) is 7.16. The van der Waals surface area contributed by atoms with Crippen molar-refractivity contribution < 1.29 is 28.4 Å². The molecule has 0 amide bonds. The standard InChI is InChI=1S/C27H31O6P/c1-8-9-32-10-11-33-23(28)16-34(31,26(29)24-19(4)12-17(2)13-20(24)5)27(30)25-21(6)14-18(3)15-22(25)7/h1,12-15H,9-11,16H2,2-7H3. The topological polar surface area (TPSA) is 86.7 Å². The molecule has 0 aromatic heterocycles. The normalized spacial score (nSPS) is 11.1. The molecular formula is C27H31O6P. The van der Waals surface area contributed by atoms with Crippen molar-refractivity contribution in [3.8, 4) is 12.3 Å². The lowest BCUT2D eigenvalue weighted by Crippen LogP contribution is -2.23. The Morgan fingerprint density at radius 2 is 1.21 bits per heavy atom. The average molecular weight is 483 g/mol. The highest BCUT2D eigenvalue weighted by Crippen LogP contribution is 2.53. The zero-order chi connectivity index (χ0) is 25.6. The van der Waals surface area contributed by atoms with Crippen molar-refractivity contribution in [3.05, 3.63) is 68.8 Å². The van der Waals surface area contributed by atoms with Crippen LogP contribution in [0.15, 0.2) is 24.3 Å². The number of aryl methyl sites for hydroxylation is 6. The van der Waals surface area contributed by atoms with E-state index in [0.29, 0.717) is 22.3 Å². The van der Waals surface area contributed by atoms with Gasteiger partial charge in [-0.15, -0.1) is 6.42 Å². The van der Waals surface area contributed by atoms with E-state index in [0.717, 1.165) is 11.1 Å². The summed E-state index contributed by atoms with van der Waals surface area (Å²) in [5.74, 6) is 1.39. The molecule has 0 spiro atoms. The van der Waals surface area contributed by atoms with Crippen molar-refractivity contribution in [2.45, 2.75) is 41.5 Å². The van der Waals surface area contributed by atoms with E-state index in [1.165, 1.54) is 0 Å². The number of carbonyl (C=O) groups is 3. The summed E-state index contributed by atoms with van der Waals surface area (Å²) in [5.41, 5.74) is 3.03. The summed E-state index contributed by atoms with van der Waals surface area (Å²) in [4.78, 5) is 40.1. The summed E-state index contributed by atoms with van der Waals surface area (Å²) in [5, 5.41) is 0. The van der Waals surface area contributed by atoms with E-state index in [-0.39, 0.29) is 30.9 Å². The second kappa shape index (κ2) is 11.4. The number of carbonyl (C=O) groups excluding carboxylic acids is 3. The SMILES string of the molecule is C#CCOCCOC(=O)CP(=O)(C(=O)c1c(C)cc(C)cc1C)C(=O)c1c(C)cc(C)cc1C. The van der Waals surface area contributed by atoms with Gasteiger partial charge in [0.1, 0.15) is 19.4 Å². The number of esters is 1. The fraction of sp³-hybridized carbons (Fsp3) is 0.370. The maximum Gasteiger partial charge on any atom is 0.314 e. The van der Waals surface area contributed by atoms with Crippen LogP contribution in [-0.2, 0) is 18.8 Å². The summed E-state index contributed by atoms with van der Waals surface area (Å²) in [6.07, 6.45) is 4.28. The number of rotatable bonds is 10. The van der Waals surface area contributed by atoms with Gasteiger partial charge in [-0.25, -0.2) is 0 Å². The molecule has 2 aromatic rings. The second-order valence-electron chi connectivity index (χ2n) is 8.53. The minimum Gasteiger partial charge on any atom is -0.463 e. The van der Waals surface area contributed by atoms with Crippen LogP contribution >= 0.6 is 7.14 Å². The monoisotopic (exact) mass is 482 g/mol. The van der Waals surface area contributed by atoms with Gasteiger partial charge >= 0.3 is 5.97 Å². The number of hydrogen-bond donors (Lipinski definition) is 0. The fourth-order valence-corrected chi connectivity index (χ4v) is 6.56. The molecule has 0 atom stereocenters. The van der Waals surface area contributed by atoms with Crippen LogP contribution in [0.1, 0.15) is 54.1 Å². The van der Waals surface area contributed by atoms with Crippen molar-refractivity contribution in [2.24, 2.45) is 0 Å². The van der Waals surface area contributed by atoms with Crippen LogP contribution in [0.4, 0.5) is 0 Å². The molecule has 0 saturated heterocycles. The van der Waals surface area contributed by atoms with Crippen molar-refractivity contribution in [1.29, 1.82) is 0 Å². The minimum atomic E-state index is -4.43. The molecule has 34 heavy (non-hydrogen) atoms. The lowest BCUT2D eigenvalue weighted by Gasteiger charge is -2.20. The van der Waals surface area contributed by atoms with Gasteiger partial charge in [0.25, 0.3) is 0 Å². The Bertz CT molecular complexity index is 1100. The third-order valence-electron chi connectivity index (χ3n) is 5.47. The first kappa shape index (κ1) is 27.2. The summed E-state index contributed by atoms with van der Waals surface area (Å²) >= 11 is 0. The van der Waals surface area contributed by atoms with E-state index in [1.807, 2.05) is 13.8 Å². The molecule has 0 radical (unpaired) electrons. The number of benzene rings is 2. The Labute approximate surface area is 201 Å². The molecule has 0 N–H and O–H groups in total. The van der Waals surface area contributed by atoms with E-state index >= 15 is 0 Å². The van der Waals surface area contributed by atoms with Crippen LogP contribution in [0.3, 0.4) is 0 Å². The maximum absolute atomic E-state index is 14.3. The molecule has 0 heterocycles. The Kier molecular flexibility index (Phi) is 9.15. The van der Waals surface area contributed by atoms with Crippen LogP contribution in [0.5, 0.6) is 0 Å². The summed E-state index contributed by atoms with van der Waals surface area (Å²) in [6.45, 7) is 10.7. The molecule has 2 aromatic carbocycles. The highest BCUT2D eigenvalue weighted by atomic mass is 31.2. The third kappa shape index (κ3) is 6.11. The summed E-state index contributed by atoms with van der Waals surface area (Å²) < 4.78 is 24.5. The quantitative estimate of drug-likeness (QED) is 0.203. The van der Waals surface area contributed by atoms with Crippen LogP contribution < -0.4 is 0 Å². The molecule has 0 saturated carbocycles. The van der Waals surface area contributed by atoms with Gasteiger partial charge in [-0.2, -0.15) is 0 Å². The van der Waals surface area contributed by atoms with Gasteiger partial charge in [0.2, 0.25) is 18.2 Å². The van der Waals surface area contributed by atoms with E-state index in [9.17, 15) is 18.9 Å². The first-order chi connectivity index (χ1) is 15.9. The molecule has 180 valence electrons. The van der Waals surface area contributed by atoms with E-state index in [4.69, 9.17) is 15.9 Å². The number of hydrogen-bond acceptors (Lipinski definition) is 6. The highest BCUT2D eigenvalue weighted by Gasteiger charge is 2.45. The molecule has 7 heteroatoms. The first-order valence-corrected chi connectivity index (χ1v) is 12.8. The minimum absolute atomic E-state index is 0.0501. The Hall–Kier alpha value is -3.00. The van der Waals surface area contributed by atoms with Crippen molar-refractivity contribution in [1.82, 2.24) is 0 Å².